The lowest BCUT2D eigenvalue weighted by molar-refractivity contribution is 0.149. The largest absolute Gasteiger partial charge is 0.394 e. The van der Waals surface area contributed by atoms with Crippen molar-refractivity contribution in [1.82, 2.24) is 0 Å². The van der Waals surface area contributed by atoms with Gasteiger partial charge in [-0.3, -0.25) is 0 Å². The number of nitriles is 1. The minimum absolute atomic E-state index is 0.0781. The first-order valence-electron chi connectivity index (χ1n) is 6.67. The SMILES string of the molecule is CC1CCCC(CO)(Nc2cc(Cl)ccc2C#N)C1. The van der Waals surface area contributed by atoms with Crippen molar-refractivity contribution in [3.8, 4) is 6.07 Å². The predicted molar refractivity (Wildman–Crippen MR) is 77.2 cm³/mol. The average molecular weight is 279 g/mol. The average Bonchev–Trinajstić information content (AvgIpc) is 2.39. The summed E-state index contributed by atoms with van der Waals surface area (Å²) in [5.41, 5.74) is 0.960. The van der Waals surface area contributed by atoms with Crippen LogP contribution >= 0.6 is 11.6 Å². The third kappa shape index (κ3) is 3.20. The lowest BCUT2D eigenvalue weighted by Gasteiger charge is -2.40. The van der Waals surface area contributed by atoms with Gasteiger partial charge in [0.05, 0.1) is 23.4 Å². The molecule has 1 aromatic carbocycles. The molecule has 0 aliphatic heterocycles. The number of aliphatic hydroxyl groups excluding tert-OH is 1. The highest BCUT2D eigenvalue weighted by atomic mass is 35.5. The van der Waals surface area contributed by atoms with E-state index < -0.39 is 0 Å². The second-order valence-corrected chi connectivity index (χ2v) is 6.00. The number of aliphatic hydroxyl groups is 1. The van der Waals surface area contributed by atoms with E-state index >= 15 is 0 Å². The third-order valence-corrected chi connectivity index (χ3v) is 4.13. The van der Waals surface area contributed by atoms with Crippen LogP contribution in [0.25, 0.3) is 0 Å². The highest BCUT2D eigenvalue weighted by Gasteiger charge is 2.34. The second-order valence-electron chi connectivity index (χ2n) is 5.57. The van der Waals surface area contributed by atoms with E-state index in [-0.39, 0.29) is 12.1 Å². The Hall–Kier alpha value is -1.24. The molecule has 0 aromatic heterocycles. The monoisotopic (exact) mass is 278 g/mol. The van der Waals surface area contributed by atoms with Gasteiger partial charge in [-0.2, -0.15) is 5.26 Å². The summed E-state index contributed by atoms with van der Waals surface area (Å²) in [7, 11) is 0. The Morgan fingerprint density at radius 3 is 3.00 bits per heavy atom. The van der Waals surface area contributed by atoms with E-state index in [0.717, 1.165) is 24.9 Å². The first-order valence-corrected chi connectivity index (χ1v) is 7.05. The van der Waals surface area contributed by atoms with Crippen LogP contribution in [-0.4, -0.2) is 17.3 Å². The first kappa shape index (κ1) is 14.2. The van der Waals surface area contributed by atoms with Gasteiger partial charge in [0, 0.05) is 5.02 Å². The summed E-state index contributed by atoms with van der Waals surface area (Å²) < 4.78 is 0. The van der Waals surface area contributed by atoms with Gasteiger partial charge in [0.25, 0.3) is 0 Å². The number of hydrogen-bond acceptors (Lipinski definition) is 3. The molecule has 1 aromatic rings. The molecule has 102 valence electrons. The maximum absolute atomic E-state index is 9.78. The third-order valence-electron chi connectivity index (χ3n) is 3.90. The zero-order valence-corrected chi connectivity index (χ0v) is 11.9. The van der Waals surface area contributed by atoms with Crippen LogP contribution in [0.1, 0.15) is 38.2 Å². The van der Waals surface area contributed by atoms with Crippen molar-refractivity contribution in [1.29, 1.82) is 5.26 Å². The summed E-state index contributed by atoms with van der Waals surface area (Å²) in [6.45, 7) is 2.28. The van der Waals surface area contributed by atoms with Gasteiger partial charge in [-0.1, -0.05) is 31.4 Å². The summed E-state index contributed by atoms with van der Waals surface area (Å²) >= 11 is 6.00. The molecule has 2 atom stereocenters. The number of nitrogens with zero attached hydrogens (tertiary/aromatic N) is 1. The van der Waals surface area contributed by atoms with Gasteiger partial charge in [-0.25, -0.2) is 0 Å². The van der Waals surface area contributed by atoms with Crippen LogP contribution in [0.15, 0.2) is 18.2 Å². The van der Waals surface area contributed by atoms with Gasteiger partial charge in [-0.05, 0) is 37.0 Å². The van der Waals surface area contributed by atoms with E-state index in [0.29, 0.717) is 16.5 Å². The Morgan fingerprint density at radius 1 is 1.58 bits per heavy atom. The van der Waals surface area contributed by atoms with E-state index in [1.54, 1.807) is 18.2 Å². The summed E-state index contributed by atoms with van der Waals surface area (Å²) in [6, 6.07) is 7.34. The van der Waals surface area contributed by atoms with E-state index in [1.807, 2.05) is 0 Å². The normalized spacial score (nSPS) is 26.7. The van der Waals surface area contributed by atoms with Crippen LogP contribution in [0.4, 0.5) is 5.69 Å². The Labute approximate surface area is 119 Å². The highest BCUT2D eigenvalue weighted by molar-refractivity contribution is 6.30. The van der Waals surface area contributed by atoms with Crippen LogP contribution in [0.5, 0.6) is 0 Å². The molecule has 2 unspecified atom stereocenters. The topological polar surface area (TPSA) is 56.0 Å². The molecular weight excluding hydrogens is 260 g/mol. The zero-order chi connectivity index (χ0) is 13.9. The number of rotatable bonds is 3. The Kier molecular flexibility index (Phi) is 4.34. The minimum atomic E-state index is -0.325. The maximum Gasteiger partial charge on any atom is 0.101 e. The van der Waals surface area contributed by atoms with E-state index in [9.17, 15) is 5.11 Å². The molecule has 1 saturated carbocycles. The molecule has 0 spiro atoms. The van der Waals surface area contributed by atoms with Crippen LogP contribution in [0, 0.1) is 17.2 Å². The van der Waals surface area contributed by atoms with Crippen molar-refractivity contribution >= 4 is 17.3 Å². The molecule has 3 nitrogen and oxygen atoms in total. The van der Waals surface area contributed by atoms with Crippen molar-refractivity contribution in [2.45, 2.75) is 38.1 Å². The number of benzene rings is 1. The van der Waals surface area contributed by atoms with Crippen molar-refractivity contribution in [3.63, 3.8) is 0 Å². The lowest BCUT2D eigenvalue weighted by Crippen LogP contribution is -2.46. The number of halogens is 1. The Morgan fingerprint density at radius 2 is 2.37 bits per heavy atom. The number of anilines is 1. The molecule has 4 heteroatoms. The van der Waals surface area contributed by atoms with Gasteiger partial charge < -0.3 is 10.4 Å². The quantitative estimate of drug-likeness (QED) is 0.889. The van der Waals surface area contributed by atoms with Gasteiger partial charge in [0.2, 0.25) is 0 Å². The van der Waals surface area contributed by atoms with Gasteiger partial charge in [-0.15, -0.1) is 0 Å². The highest BCUT2D eigenvalue weighted by Crippen LogP contribution is 2.36. The van der Waals surface area contributed by atoms with E-state index in [2.05, 4.69) is 18.3 Å². The molecule has 0 bridgehead atoms. The van der Waals surface area contributed by atoms with Crippen molar-refractivity contribution in [2.75, 3.05) is 11.9 Å². The number of hydrogen-bond donors (Lipinski definition) is 2. The van der Waals surface area contributed by atoms with Crippen LogP contribution in [0.2, 0.25) is 5.02 Å². The maximum atomic E-state index is 9.78. The summed E-state index contributed by atoms with van der Waals surface area (Å²) in [6.07, 6.45) is 4.13. The minimum Gasteiger partial charge on any atom is -0.394 e. The van der Waals surface area contributed by atoms with Crippen molar-refractivity contribution < 1.29 is 5.11 Å². The standard InChI is InChI=1S/C15H19ClN2O/c1-11-3-2-6-15(8-11,10-19)18-14-7-13(16)5-4-12(14)9-17/h4-5,7,11,18-19H,2-3,6,8,10H2,1H3. The first-order chi connectivity index (χ1) is 9.08. The molecule has 1 fully saturated rings. The van der Waals surface area contributed by atoms with Crippen molar-refractivity contribution in [3.05, 3.63) is 28.8 Å². The summed E-state index contributed by atoms with van der Waals surface area (Å²) in [4.78, 5) is 0. The molecule has 2 rings (SSSR count). The molecule has 0 radical (unpaired) electrons. The molecular formula is C15H19ClN2O. The van der Waals surface area contributed by atoms with Gasteiger partial charge >= 0.3 is 0 Å². The van der Waals surface area contributed by atoms with Crippen LogP contribution in [-0.2, 0) is 0 Å². The molecule has 0 saturated heterocycles. The molecule has 19 heavy (non-hydrogen) atoms. The number of nitrogens with one attached hydrogen (secondary N) is 1. The molecule has 1 aliphatic carbocycles. The molecule has 0 heterocycles. The molecule has 1 aliphatic rings. The Balaban J connectivity index is 2.28. The molecule has 2 N–H and O–H groups in total. The fraction of sp³-hybridized carbons (Fsp3) is 0.533. The summed E-state index contributed by atoms with van der Waals surface area (Å²) in [5, 5.41) is 22.9. The fourth-order valence-corrected chi connectivity index (χ4v) is 3.13. The lowest BCUT2D eigenvalue weighted by atomic mass is 9.76. The summed E-state index contributed by atoms with van der Waals surface area (Å²) in [5.74, 6) is 0.582. The van der Waals surface area contributed by atoms with Gasteiger partial charge in [0.15, 0.2) is 0 Å². The van der Waals surface area contributed by atoms with E-state index in [4.69, 9.17) is 16.9 Å². The van der Waals surface area contributed by atoms with Crippen LogP contribution < -0.4 is 5.32 Å². The van der Waals surface area contributed by atoms with E-state index in [1.165, 1.54) is 6.42 Å². The smallest absolute Gasteiger partial charge is 0.101 e. The van der Waals surface area contributed by atoms with Crippen LogP contribution in [0.3, 0.4) is 0 Å². The fourth-order valence-electron chi connectivity index (χ4n) is 2.96. The van der Waals surface area contributed by atoms with Gasteiger partial charge in [0.1, 0.15) is 6.07 Å². The molecule has 0 amide bonds. The zero-order valence-electron chi connectivity index (χ0n) is 11.1. The second kappa shape index (κ2) is 5.81. The Bertz CT molecular complexity index is 497. The predicted octanol–water partition coefficient (Wildman–Crippen LogP) is 3.56. The van der Waals surface area contributed by atoms with Crippen molar-refractivity contribution in [2.24, 2.45) is 5.92 Å².